The molecule has 458 valence electrons. The highest BCUT2D eigenvalue weighted by atomic mass is 16.7. The number of aliphatic carboxylic acids is 1. The topological polar surface area (TPSA) is 108 Å². The predicted molar refractivity (Wildman–Crippen MR) is 336 cm³/mol. The molecule has 0 aliphatic heterocycles. The second-order valence-electron chi connectivity index (χ2n) is 23.4. The van der Waals surface area contributed by atoms with Gasteiger partial charge in [-0.05, 0) is 83.5 Å². The lowest BCUT2D eigenvalue weighted by Crippen LogP contribution is -2.40. The first kappa shape index (κ1) is 75.7. The molecule has 0 aromatic rings. The van der Waals surface area contributed by atoms with Crippen molar-refractivity contribution in [2.45, 2.75) is 309 Å². The van der Waals surface area contributed by atoms with Crippen LogP contribution in [0, 0.1) is 0 Å². The van der Waals surface area contributed by atoms with Crippen molar-refractivity contribution in [3.63, 3.8) is 0 Å². The smallest absolute Gasteiger partial charge is 0.361 e. The molecule has 0 aromatic heterocycles. The van der Waals surface area contributed by atoms with E-state index in [0.29, 0.717) is 23.9 Å². The van der Waals surface area contributed by atoms with Crippen LogP contribution >= 0.6 is 0 Å². The number of hydrogen-bond acceptors (Lipinski definition) is 7. The molecule has 0 saturated carbocycles. The maximum absolute atomic E-state index is 12.8. The third-order valence-corrected chi connectivity index (χ3v) is 14.4. The molecular formula is C70H126NO8+. The average Bonchev–Trinajstić information content (AvgIpc) is 3.42. The Morgan fingerprint density at radius 3 is 1.10 bits per heavy atom. The quantitative estimate of drug-likeness (QED) is 0.0211. The summed E-state index contributed by atoms with van der Waals surface area (Å²) in [5.74, 6) is -2.05. The maximum Gasteiger partial charge on any atom is 0.361 e. The van der Waals surface area contributed by atoms with Crippen LogP contribution in [0.25, 0.3) is 0 Å². The number of carboxylic acid groups (broad SMARTS) is 1. The number of allylic oxidation sites excluding steroid dienone is 12. The Bertz CT molecular complexity index is 1520. The van der Waals surface area contributed by atoms with Gasteiger partial charge in [-0.3, -0.25) is 9.59 Å². The van der Waals surface area contributed by atoms with E-state index in [1.54, 1.807) is 0 Å². The maximum atomic E-state index is 12.8. The lowest BCUT2D eigenvalue weighted by molar-refractivity contribution is -0.870. The molecule has 0 heterocycles. The molecule has 0 aliphatic carbocycles. The first-order valence-electron chi connectivity index (χ1n) is 33.1. The Kier molecular flexibility index (Phi) is 58.3. The van der Waals surface area contributed by atoms with Gasteiger partial charge in [0.2, 0.25) is 0 Å². The first-order valence-corrected chi connectivity index (χ1v) is 33.1. The third-order valence-electron chi connectivity index (χ3n) is 14.4. The average molecular weight is 1110 g/mol. The highest BCUT2D eigenvalue weighted by Crippen LogP contribution is 2.18. The second-order valence-corrected chi connectivity index (χ2v) is 23.4. The Labute approximate surface area is 487 Å². The Morgan fingerprint density at radius 2 is 0.722 bits per heavy atom. The van der Waals surface area contributed by atoms with E-state index in [1.165, 1.54) is 199 Å². The van der Waals surface area contributed by atoms with E-state index < -0.39 is 24.3 Å². The summed E-state index contributed by atoms with van der Waals surface area (Å²) >= 11 is 0. The number of ether oxygens (including phenoxy) is 4. The minimum Gasteiger partial charge on any atom is -0.477 e. The van der Waals surface area contributed by atoms with Gasteiger partial charge in [-0.15, -0.1) is 0 Å². The molecule has 0 saturated heterocycles. The predicted octanol–water partition coefficient (Wildman–Crippen LogP) is 20.1. The summed E-state index contributed by atoms with van der Waals surface area (Å²) < 4.78 is 22.8. The summed E-state index contributed by atoms with van der Waals surface area (Å²) in [7, 11) is 5.96. The summed E-state index contributed by atoms with van der Waals surface area (Å²) in [6.07, 6.45) is 77.6. The number of esters is 2. The molecule has 0 spiro atoms. The summed E-state index contributed by atoms with van der Waals surface area (Å²) in [6, 6.07) is 0. The SMILES string of the molecule is CC/C=C\C/C=C\C/C=C\C/C=C\CCCCC(=O)OC(COC(=O)CCCCCCCCCCCCCCCCCCCCCCCCCCCCC/C=C\C/C=C\CCCCCCC)COC(OCC[N+](C)(C)C)C(=O)O. The van der Waals surface area contributed by atoms with Crippen LogP contribution in [-0.4, -0.2) is 87.4 Å². The summed E-state index contributed by atoms with van der Waals surface area (Å²) in [6.45, 7) is 4.72. The number of carbonyl (C=O) groups excluding carboxylic acids is 2. The van der Waals surface area contributed by atoms with Gasteiger partial charge in [0.25, 0.3) is 6.29 Å². The number of quaternary nitrogens is 1. The molecule has 9 nitrogen and oxygen atoms in total. The van der Waals surface area contributed by atoms with Crippen molar-refractivity contribution in [1.29, 1.82) is 0 Å². The van der Waals surface area contributed by atoms with Crippen LogP contribution in [0.4, 0.5) is 0 Å². The van der Waals surface area contributed by atoms with Crippen LogP contribution in [0.5, 0.6) is 0 Å². The monoisotopic (exact) mass is 1110 g/mol. The van der Waals surface area contributed by atoms with E-state index >= 15 is 0 Å². The summed E-state index contributed by atoms with van der Waals surface area (Å²) in [5, 5.41) is 9.70. The second kappa shape index (κ2) is 60.8. The van der Waals surface area contributed by atoms with E-state index in [-0.39, 0.29) is 32.2 Å². The minimum absolute atomic E-state index is 0.178. The molecule has 9 heteroatoms. The largest absolute Gasteiger partial charge is 0.477 e. The highest BCUT2D eigenvalue weighted by Gasteiger charge is 2.25. The first-order chi connectivity index (χ1) is 38.6. The van der Waals surface area contributed by atoms with E-state index in [1.807, 2.05) is 21.1 Å². The van der Waals surface area contributed by atoms with Crippen LogP contribution in [-0.2, 0) is 33.3 Å². The van der Waals surface area contributed by atoms with Gasteiger partial charge in [-0.2, -0.15) is 0 Å². The van der Waals surface area contributed by atoms with Crippen LogP contribution < -0.4 is 0 Å². The van der Waals surface area contributed by atoms with Gasteiger partial charge in [-0.25, -0.2) is 4.79 Å². The van der Waals surface area contributed by atoms with Gasteiger partial charge in [0.1, 0.15) is 13.2 Å². The molecule has 2 unspecified atom stereocenters. The molecule has 0 aromatic carbocycles. The number of likely N-dealkylation sites (N-methyl/N-ethyl adjacent to an activating group) is 1. The summed E-state index contributed by atoms with van der Waals surface area (Å²) in [5.41, 5.74) is 0. The normalized spacial score (nSPS) is 13.2. The van der Waals surface area contributed by atoms with Crippen LogP contribution in [0.15, 0.2) is 72.9 Å². The molecule has 0 radical (unpaired) electrons. The number of nitrogens with zero attached hydrogens (tertiary/aromatic N) is 1. The van der Waals surface area contributed by atoms with Crippen LogP contribution in [0.2, 0.25) is 0 Å². The van der Waals surface area contributed by atoms with Crippen molar-refractivity contribution >= 4 is 17.9 Å². The standard InChI is InChI=1S/C70H125NO8/c1-6-8-10-12-14-16-18-20-22-23-24-25-26-27-28-29-30-31-32-33-34-35-36-37-38-39-40-41-42-43-44-45-47-48-50-52-54-56-58-60-67(72)77-64-66(65-78-70(69(74)75)76-63-62-71(3,4)5)79-68(73)61-59-57-55-53-51-49-46-21-19-17-15-13-11-9-7-2/h9,11,15,17-18,20-21,23-24,46,51,53,66,70H,6-8,10,12-14,16,19,22,25-45,47-50,52,54-65H2,1-5H3/p+1/b11-9-,17-15-,20-18-,24-23-,46-21-,53-51-. The molecule has 0 rings (SSSR count). The minimum atomic E-state index is -1.52. The zero-order valence-electron chi connectivity index (χ0n) is 52.3. The zero-order chi connectivity index (χ0) is 57.6. The van der Waals surface area contributed by atoms with Crippen LogP contribution in [0.1, 0.15) is 296 Å². The van der Waals surface area contributed by atoms with E-state index in [4.69, 9.17) is 18.9 Å². The molecule has 0 bridgehead atoms. The van der Waals surface area contributed by atoms with Crippen molar-refractivity contribution in [3.05, 3.63) is 72.9 Å². The fourth-order valence-corrected chi connectivity index (χ4v) is 9.39. The Hall–Kier alpha value is -3.27. The van der Waals surface area contributed by atoms with Gasteiger partial charge in [0.15, 0.2) is 6.10 Å². The van der Waals surface area contributed by atoms with Crippen molar-refractivity contribution < 1.29 is 42.9 Å². The highest BCUT2D eigenvalue weighted by molar-refractivity contribution is 5.71. The van der Waals surface area contributed by atoms with E-state index in [9.17, 15) is 19.5 Å². The van der Waals surface area contributed by atoms with E-state index in [2.05, 4.69) is 86.8 Å². The Balaban J connectivity index is 3.95. The van der Waals surface area contributed by atoms with Crippen LogP contribution in [0.3, 0.4) is 0 Å². The molecule has 0 fully saturated rings. The fourth-order valence-electron chi connectivity index (χ4n) is 9.39. The molecule has 2 atom stereocenters. The number of hydrogen-bond donors (Lipinski definition) is 1. The van der Waals surface area contributed by atoms with Gasteiger partial charge >= 0.3 is 17.9 Å². The fraction of sp³-hybridized carbons (Fsp3) is 0.786. The Morgan fingerprint density at radius 1 is 0.392 bits per heavy atom. The van der Waals surface area contributed by atoms with Gasteiger partial charge in [-0.1, -0.05) is 273 Å². The van der Waals surface area contributed by atoms with Gasteiger partial charge < -0.3 is 28.5 Å². The molecule has 0 amide bonds. The lowest BCUT2D eigenvalue weighted by Gasteiger charge is -2.25. The summed E-state index contributed by atoms with van der Waals surface area (Å²) in [4.78, 5) is 37.4. The number of rotatable bonds is 61. The molecule has 1 N–H and O–H groups in total. The third kappa shape index (κ3) is 62.2. The molecule has 79 heavy (non-hydrogen) atoms. The van der Waals surface area contributed by atoms with Gasteiger partial charge in [0.05, 0.1) is 34.4 Å². The van der Waals surface area contributed by atoms with Crippen molar-refractivity contribution in [2.24, 2.45) is 0 Å². The number of carboxylic acids is 1. The molecular weight excluding hydrogens is 983 g/mol. The number of carbonyl (C=O) groups is 3. The number of unbranched alkanes of at least 4 members (excludes halogenated alkanes) is 34. The van der Waals surface area contributed by atoms with Crippen molar-refractivity contribution in [1.82, 2.24) is 0 Å². The van der Waals surface area contributed by atoms with E-state index in [0.717, 1.165) is 64.2 Å². The molecule has 0 aliphatic rings. The van der Waals surface area contributed by atoms with Gasteiger partial charge in [0, 0.05) is 12.8 Å². The van der Waals surface area contributed by atoms with Crippen molar-refractivity contribution in [2.75, 3.05) is 47.5 Å². The lowest BCUT2D eigenvalue weighted by atomic mass is 10.0. The zero-order valence-corrected chi connectivity index (χ0v) is 52.3. The van der Waals surface area contributed by atoms with Crippen molar-refractivity contribution in [3.8, 4) is 0 Å².